The maximum Gasteiger partial charge on any atom is 0.156 e. The van der Waals surface area contributed by atoms with Crippen molar-refractivity contribution in [2.24, 2.45) is 0 Å². The van der Waals surface area contributed by atoms with Crippen LogP contribution in [0.25, 0.3) is 0 Å². The van der Waals surface area contributed by atoms with Crippen molar-refractivity contribution in [3.63, 3.8) is 0 Å². The van der Waals surface area contributed by atoms with Crippen molar-refractivity contribution in [2.75, 3.05) is 13.6 Å². The first-order valence-corrected chi connectivity index (χ1v) is 4.71. The molecule has 0 bridgehead atoms. The van der Waals surface area contributed by atoms with Crippen molar-refractivity contribution < 1.29 is 4.79 Å². The van der Waals surface area contributed by atoms with E-state index in [4.69, 9.17) is 0 Å². The van der Waals surface area contributed by atoms with Crippen LogP contribution in [0.5, 0.6) is 0 Å². The lowest BCUT2D eigenvalue weighted by molar-refractivity contribution is -0.119. The summed E-state index contributed by atoms with van der Waals surface area (Å²) in [5.74, 6) is 0.387. The Morgan fingerprint density at radius 1 is 1.25 bits per heavy atom. The summed E-state index contributed by atoms with van der Waals surface area (Å²) in [6.45, 7) is 0.638. The number of rotatable bonds is 0. The molecular formula is C10H15NO. The first-order chi connectivity index (χ1) is 5.77. The Morgan fingerprint density at radius 3 is 2.83 bits per heavy atom. The zero-order chi connectivity index (χ0) is 8.55. The number of likely N-dealkylation sites (N-methyl/N-ethyl adjacent to an activating group) is 1. The highest BCUT2D eigenvalue weighted by atomic mass is 16.1. The first-order valence-electron chi connectivity index (χ1n) is 4.71. The summed E-state index contributed by atoms with van der Waals surface area (Å²) in [5.41, 5.74) is 2.88. The van der Waals surface area contributed by atoms with Gasteiger partial charge in [0, 0.05) is 19.2 Å². The minimum Gasteiger partial charge on any atom is -0.371 e. The van der Waals surface area contributed by atoms with Gasteiger partial charge in [-0.1, -0.05) is 0 Å². The van der Waals surface area contributed by atoms with Crippen LogP contribution in [0.2, 0.25) is 0 Å². The second-order valence-corrected chi connectivity index (χ2v) is 3.83. The van der Waals surface area contributed by atoms with Gasteiger partial charge in [-0.05, 0) is 31.3 Å². The molecule has 1 heterocycles. The van der Waals surface area contributed by atoms with Gasteiger partial charge in [-0.25, -0.2) is 0 Å². The fourth-order valence-corrected chi connectivity index (χ4v) is 2.26. The summed E-state index contributed by atoms with van der Waals surface area (Å²) >= 11 is 0. The number of ketones is 1. The summed E-state index contributed by atoms with van der Waals surface area (Å²) in [6.07, 6.45) is 5.67. The van der Waals surface area contributed by atoms with Gasteiger partial charge in [-0.2, -0.15) is 0 Å². The van der Waals surface area contributed by atoms with Crippen LogP contribution in [0, 0.1) is 0 Å². The van der Waals surface area contributed by atoms with Crippen LogP contribution < -0.4 is 0 Å². The summed E-state index contributed by atoms with van der Waals surface area (Å²) in [4.78, 5) is 13.4. The third kappa shape index (κ3) is 1.26. The number of carbonyl (C=O) groups is 1. The largest absolute Gasteiger partial charge is 0.371 e. The maximum absolute atomic E-state index is 11.3. The molecule has 2 rings (SSSR count). The molecule has 2 heteroatoms. The molecule has 0 N–H and O–H groups in total. The number of Topliss-reactive ketones (excluding diaryl/α,β-unsaturated/α-hetero) is 1. The zero-order valence-electron chi connectivity index (χ0n) is 7.60. The standard InChI is InChI=1S/C10H15NO/c1-11-7-9(12)6-8-4-2-3-5-10(8)11/h2-7H2,1H3. The fraction of sp³-hybridized carbons (Fsp3) is 0.700. The molecule has 0 unspecified atom stereocenters. The minimum absolute atomic E-state index is 0.387. The molecule has 1 aliphatic carbocycles. The average molecular weight is 165 g/mol. The molecule has 2 nitrogen and oxygen atoms in total. The van der Waals surface area contributed by atoms with E-state index in [1.807, 2.05) is 7.05 Å². The highest BCUT2D eigenvalue weighted by molar-refractivity contribution is 5.84. The van der Waals surface area contributed by atoms with E-state index in [9.17, 15) is 4.79 Å². The van der Waals surface area contributed by atoms with Gasteiger partial charge < -0.3 is 4.90 Å². The SMILES string of the molecule is CN1CC(=O)CC2=C1CCCC2. The molecule has 0 spiro atoms. The van der Waals surface area contributed by atoms with Gasteiger partial charge in [-0.15, -0.1) is 0 Å². The highest BCUT2D eigenvalue weighted by Gasteiger charge is 2.23. The lowest BCUT2D eigenvalue weighted by Gasteiger charge is -2.32. The number of hydrogen-bond acceptors (Lipinski definition) is 2. The van der Waals surface area contributed by atoms with Crippen molar-refractivity contribution in [1.29, 1.82) is 0 Å². The van der Waals surface area contributed by atoms with Gasteiger partial charge in [0.2, 0.25) is 0 Å². The zero-order valence-corrected chi connectivity index (χ0v) is 7.60. The second-order valence-electron chi connectivity index (χ2n) is 3.83. The van der Waals surface area contributed by atoms with Crippen molar-refractivity contribution >= 4 is 5.78 Å². The summed E-state index contributed by atoms with van der Waals surface area (Å²) in [7, 11) is 2.04. The van der Waals surface area contributed by atoms with Crippen LogP contribution >= 0.6 is 0 Å². The van der Waals surface area contributed by atoms with Gasteiger partial charge in [0.25, 0.3) is 0 Å². The number of hydrogen-bond donors (Lipinski definition) is 0. The molecule has 0 saturated heterocycles. The fourth-order valence-electron chi connectivity index (χ4n) is 2.26. The van der Waals surface area contributed by atoms with E-state index < -0.39 is 0 Å². The molecule has 0 radical (unpaired) electrons. The van der Waals surface area contributed by atoms with E-state index in [1.54, 1.807) is 0 Å². The highest BCUT2D eigenvalue weighted by Crippen LogP contribution is 2.31. The predicted molar refractivity (Wildman–Crippen MR) is 47.7 cm³/mol. The lowest BCUT2D eigenvalue weighted by Crippen LogP contribution is -2.32. The molecule has 66 valence electrons. The predicted octanol–water partition coefficient (Wildman–Crippen LogP) is 1.72. The average Bonchev–Trinajstić information content (AvgIpc) is 2.04. The van der Waals surface area contributed by atoms with Crippen LogP contribution in [0.3, 0.4) is 0 Å². The van der Waals surface area contributed by atoms with Crippen molar-refractivity contribution in [1.82, 2.24) is 4.90 Å². The van der Waals surface area contributed by atoms with E-state index in [0.29, 0.717) is 12.3 Å². The van der Waals surface area contributed by atoms with Crippen molar-refractivity contribution in [2.45, 2.75) is 32.1 Å². The Hall–Kier alpha value is -0.790. The molecule has 0 aromatic heterocycles. The van der Waals surface area contributed by atoms with Gasteiger partial charge >= 0.3 is 0 Å². The summed E-state index contributed by atoms with van der Waals surface area (Å²) in [6, 6.07) is 0. The molecular weight excluding hydrogens is 150 g/mol. The Morgan fingerprint density at radius 2 is 2.00 bits per heavy atom. The van der Waals surface area contributed by atoms with Gasteiger partial charge in [-0.3, -0.25) is 4.79 Å². The number of allylic oxidation sites excluding steroid dienone is 2. The molecule has 0 fully saturated rings. The summed E-state index contributed by atoms with van der Waals surface area (Å²) < 4.78 is 0. The van der Waals surface area contributed by atoms with Crippen LogP contribution in [-0.4, -0.2) is 24.3 Å². The van der Waals surface area contributed by atoms with Crippen molar-refractivity contribution in [3.05, 3.63) is 11.3 Å². The number of carbonyl (C=O) groups excluding carboxylic acids is 1. The Bertz CT molecular complexity index is 242. The third-order valence-corrected chi connectivity index (χ3v) is 2.84. The van der Waals surface area contributed by atoms with E-state index in [2.05, 4.69) is 4.90 Å². The third-order valence-electron chi connectivity index (χ3n) is 2.84. The Balaban J connectivity index is 2.26. The van der Waals surface area contributed by atoms with Gasteiger partial charge in [0.1, 0.15) is 0 Å². The quantitative estimate of drug-likeness (QED) is 0.544. The molecule has 0 aromatic rings. The molecule has 0 atom stereocenters. The maximum atomic E-state index is 11.3. The van der Waals surface area contributed by atoms with Crippen LogP contribution in [-0.2, 0) is 4.79 Å². The monoisotopic (exact) mass is 165 g/mol. The molecule has 2 aliphatic rings. The molecule has 12 heavy (non-hydrogen) atoms. The smallest absolute Gasteiger partial charge is 0.156 e. The van der Waals surface area contributed by atoms with Crippen LogP contribution in [0.4, 0.5) is 0 Å². The number of nitrogens with zero attached hydrogens (tertiary/aromatic N) is 1. The van der Waals surface area contributed by atoms with Crippen LogP contribution in [0.1, 0.15) is 32.1 Å². The van der Waals surface area contributed by atoms with E-state index in [0.717, 1.165) is 12.8 Å². The van der Waals surface area contributed by atoms with Crippen molar-refractivity contribution in [3.8, 4) is 0 Å². The normalized spacial score (nSPS) is 24.4. The first kappa shape index (κ1) is 7.84. The Kier molecular flexibility index (Phi) is 1.91. The summed E-state index contributed by atoms with van der Waals surface area (Å²) in [5, 5.41) is 0. The molecule has 0 amide bonds. The Labute approximate surface area is 73.2 Å². The topological polar surface area (TPSA) is 20.3 Å². The van der Waals surface area contributed by atoms with E-state index >= 15 is 0 Å². The molecule has 0 saturated carbocycles. The van der Waals surface area contributed by atoms with Gasteiger partial charge in [0.05, 0.1) is 6.54 Å². The second kappa shape index (κ2) is 2.92. The van der Waals surface area contributed by atoms with Gasteiger partial charge in [0.15, 0.2) is 5.78 Å². The lowest BCUT2D eigenvalue weighted by atomic mass is 9.89. The molecule has 1 aliphatic heterocycles. The molecule has 0 aromatic carbocycles. The minimum atomic E-state index is 0.387. The van der Waals surface area contributed by atoms with Crippen LogP contribution in [0.15, 0.2) is 11.3 Å². The van der Waals surface area contributed by atoms with E-state index in [1.165, 1.54) is 30.5 Å². The van der Waals surface area contributed by atoms with E-state index in [-0.39, 0.29) is 0 Å².